The molecule has 1 fully saturated rings. The Kier molecular flexibility index (Phi) is 6.23. The Morgan fingerprint density at radius 2 is 2.24 bits per heavy atom. The maximum absolute atomic E-state index is 11.0. The normalized spacial score (nSPS) is 23.2. The molecule has 0 aliphatic carbocycles. The van der Waals surface area contributed by atoms with E-state index >= 15 is 0 Å². The van der Waals surface area contributed by atoms with Gasteiger partial charge >= 0.3 is 5.97 Å². The predicted octanol–water partition coefficient (Wildman–Crippen LogP) is 4.27. The zero-order valence-electron chi connectivity index (χ0n) is 11.9. The summed E-state index contributed by atoms with van der Waals surface area (Å²) in [5.74, 6) is 0.0650. The van der Waals surface area contributed by atoms with Gasteiger partial charge in [-0.1, -0.05) is 23.2 Å². The molecule has 1 saturated heterocycles. The molecule has 116 valence electrons. The van der Waals surface area contributed by atoms with Crippen LogP contribution in [-0.4, -0.2) is 40.9 Å². The zero-order chi connectivity index (χ0) is 15.4. The molecule has 0 spiro atoms. The third-order valence-electron chi connectivity index (χ3n) is 3.89. The fourth-order valence-electron chi connectivity index (χ4n) is 2.64. The van der Waals surface area contributed by atoms with E-state index in [0.29, 0.717) is 11.1 Å². The van der Waals surface area contributed by atoms with Crippen molar-refractivity contribution in [1.82, 2.24) is 4.90 Å². The second-order valence-electron chi connectivity index (χ2n) is 5.37. The summed E-state index contributed by atoms with van der Waals surface area (Å²) in [6, 6.07) is 5.80. The number of benzene rings is 1. The van der Waals surface area contributed by atoms with Crippen molar-refractivity contribution in [3.05, 3.63) is 28.2 Å². The van der Waals surface area contributed by atoms with Crippen molar-refractivity contribution in [2.75, 3.05) is 18.8 Å². The van der Waals surface area contributed by atoms with Gasteiger partial charge in [-0.25, -0.2) is 0 Å². The van der Waals surface area contributed by atoms with Gasteiger partial charge < -0.3 is 5.11 Å². The van der Waals surface area contributed by atoms with E-state index in [-0.39, 0.29) is 5.92 Å². The summed E-state index contributed by atoms with van der Waals surface area (Å²) in [6.07, 6.45) is 1.47. The molecule has 0 amide bonds. The summed E-state index contributed by atoms with van der Waals surface area (Å²) in [5, 5.41) is 10.5. The molecule has 1 heterocycles. The van der Waals surface area contributed by atoms with Crippen LogP contribution in [0.3, 0.4) is 0 Å². The van der Waals surface area contributed by atoms with Crippen LogP contribution in [0.15, 0.2) is 23.1 Å². The van der Waals surface area contributed by atoms with Crippen molar-refractivity contribution in [3.8, 4) is 0 Å². The third kappa shape index (κ3) is 4.78. The van der Waals surface area contributed by atoms with Crippen molar-refractivity contribution < 1.29 is 9.90 Å². The monoisotopic (exact) mass is 347 g/mol. The Labute approximate surface area is 139 Å². The maximum atomic E-state index is 11.0. The zero-order valence-corrected chi connectivity index (χ0v) is 14.2. The van der Waals surface area contributed by atoms with E-state index in [2.05, 4.69) is 11.8 Å². The molecule has 1 aliphatic rings. The van der Waals surface area contributed by atoms with Crippen LogP contribution in [-0.2, 0) is 4.79 Å². The molecule has 6 heteroatoms. The average molecular weight is 348 g/mol. The van der Waals surface area contributed by atoms with Crippen molar-refractivity contribution in [2.24, 2.45) is 5.92 Å². The first-order chi connectivity index (χ1) is 9.97. The van der Waals surface area contributed by atoms with Gasteiger partial charge in [-0.05, 0) is 44.5 Å². The van der Waals surface area contributed by atoms with Crippen LogP contribution in [0.5, 0.6) is 0 Å². The first-order valence-electron chi connectivity index (χ1n) is 7.02. The highest BCUT2D eigenvalue weighted by atomic mass is 35.5. The number of aliphatic carboxylic acids is 1. The molecule has 1 aromatic carbocycles. The Morgan fingerprint density at radius 1 is 1.48 bits per heavy atom. The highest BCUT2D eigenvalue weighted by Gasteiger charge is 2.29. The first-order valence-corrected chi connectivity index (χ1v) is 8.76. The number of carboxylic acid groups (broad SMARTS) is 1. The molecule has 1 aliphatic heterocycles. The fraction of sp³-hybridized carbons (Fsp3) is 0.533. The topological polar surface area (TPSA) is 40.5 Å². The highest BCUT2D eigenvalue weighted by molar-refractivity contribution is 7.99. The number of hydrogen-bond acceptors (Lipinski definition) is 3. The van der Waals surface area contributed by atoms with E-state index in [9.17, 15) is 4.79 Å². The molecule has 2 atom stereocenters. The van der Waals surface area contributed by atoms with Gasteiger partial charge in [0, 0.05) is 28.3 Å². The highest BCUT2D eigenvalue weighted by Crippen LogP contribution is 2.30. The molecule has 2 rings (SSSR count). The molecule has 1 aromatic rings. The molecule has 2 unspecified atom stereocenters. The number of hydrogen-bond donors (Lipinski definition) is 1. The SMILES string of the molecule is CC1CC(C(=O)O)CCN1CCSc1cc(Cl)ccc1Cl. The number of thioether (sulfide) groups is 1. The van der Waals surface area contributed by atoms with E-state index in [1.165, 1.54) is 0 Å². The molecular formula is C15H19Cl2NO2S. The van der Waals surface area contributed by atoms with Crippen molar-refractivity contribution >= 4 is 40.9 Å². The summed E-state index contributed by atoms with van der Waals surface area (Å²) in [7, 11) is 0. The van der Waals surface area contributed by atoms with Crippen LogP contribution < -0.4 is 0 Å². The fourth-order valence-corrected chi connectivity index (χ4v) is 4.12. The standard InChI is InChI=1S/C15H19Cl2NO2S/c1-10-8-11(15(19)20)4-5-18(10)6-7-21-14-9-12(16)2-3-13(14)17/h2-3,9-11H,4-8H2,1H3,(H,19,20). The van der Waals surface area contributed by atoms with Gasteiger partial charge in [0.05, 0.1) is 10.9 Å². The van der Waals surface area contributed by atoms with Crippen LogP contribution in [0.25, 0.3) is 0 Å². The average Bonchev–Trinajstić information content (AvgIpc) is 2.44. The minimum absolute atomic E-state index is 0.189. The van der Waals surface area contributed by atoms with Crippen molar-refractivity contribution in [2.45, 2.75) is 30.7 Å². The van der Waals surface area contributed by atoms with E-state index in [1.807, 2.05) is 12.1 Å². The summed E-state index contributed by atoms with van der Waals surface area (Å²) in [5.41, 5.74) is 0. The number of rotatable bonds is 5. The molecule has 0 saturated carbocycles. The van der Waals surface area contributed by atoms with Gasteiger partial charge in [0.1, 0.15) is 0 Å². The largest absolute Gasteiger partial charge is 0.481 e. The number of likely N-dealkylation sites (tertiary alicyclic amines) is 1. The molecule has 3 nitrogen and oxygen atoms in total. The Morgan fingerprint density at radius 3 is 2.90 bits per heavy atom. The van der Waals surface area contributed by atoms with Crippen LogP contribution in [0.2, 0.25) is 10.0 Å². The first kappa shape index (κ1) is 16.9. The molecule has 0 bridgehead atoms. The lowest BCUT2D eigenvalue weighted by Gasteiger charge is -2.36. The van der Waals surface area contributed by atoms with E-state index in [0.717, 1.165) is 41.6 Å². The number of carbonyl (C=O) groups is 1. The Hall–Kier alpha value is -0.420. The van der Waals surface area contributed by atoms with Gasteiger partial charge in [-0.2, -0.15) is 0 Å². The number of nitrogens with zero attached hydrogens (tertiary/aromatic N) is 1. The smallest absolute Gasteiger partial charge is 0.306 e. The lowest BCUT2D eigenvalue weighted by atomic mass is 9.92. The van der Waals surface area contributed by atoms with Crippen LogP contribution >= 0.6 is 35.0 Å². The quantitative estimate of drug-likeness (QED) is 0.807. The molecular weight excluding hydrogens is 329 g/mol. The summed E-state index contributed by atoms with van der Waals surface area (Å²) in [6.45, 7) is 3.88. The molecule has 0 aromatic heterocycles. The number of piperidine rings is 1. The molecule has 0 radical (unpaired) electrons. The maximum Gasteiger partial charge on any atom is 0.306 e. The predicted molar refractivity (Wildman–Crippen MR) is 88.6 cm³/mol. The van der Waals surface area contributed by atoms with Gasteiger partial charge in [0.25, 0.3) is 0 Å². The Bertz CT molecular complexity index is 512. The van der Waals surface area contributed by atoms with E-state index in [1.54, 1.807) is 17.8 Å². The third-order valence-corrected chi connectivity index (χ3v) is 5.60. The van der Waals surface area contributed by atoms with Gasteiger partial charge in [0.15, 0.2) is 0 Å². The summed E-state index contributed by atoms with van der Waals surface area (Å²) < 4.78 is 0. The molecule has 21 heavy (non-hydrogen) atoms. The van der Waals surface area contributed by atoms with E-state index in [4.69, 9.17) is 28.3 Å². The Balaban J connectivity index is 1.81. The minimum Gasteiger partial charge on any atom is -0.481 e. The molecule has 1 N–H and O–H groups in total. The van der Waals surface area contributed by atoms with Crippen LogP contribution in [0.4, 0.5) is 0 Å². The lowest BCUT2D eigenvalue weighted by molar-refractivity contribution is -0.144. The minimum atomic E-state index is -0.665. The van der Waals surface area contributed by atoms with Gasteiger partial charge in [0.2, 0.25) is 0 Å². The van der Waals surface area contributed by atoms with Crippen molar-refractivity contribution in [3.63, 3.8) is 0 Å². The second-order valence-corrected chi connectivity index (χ2v) is 7.35. The van der Waals surface area contributed by atoms with E-state index < -0.39 is 5.97 Å². The number of halogens is 2. The summed E-state index contributed by atoms with van der Waals surface area (Å²) >= 11 is 13.8. The second kappa shape index (κ2) is 7.73. The van der Waals surface area contributed by atoms with Crippen LogP contribution in [0.1, 0.15) is 19.8 Å². The van der Waals surface area contributed by atoms with Crippen LogP contribution in [0, 0.1) is 5.92 Å². The van der Waals surface area contributed by atoms with Gasteiger partial charge in [-0.15, -0.1) is 11.8 Å². The number of carboxylic acids is 1. The summed E-state index contributed by atoms with van der Waals surface area (Å²) in [4.78, 5) is 14.4. The lowest BCUT2D eigenvalue weighted by Crippen LogP contribution is -2.43. The van der Waals surface area contributed by atoms with Gasteiger partial charge in [-0.3, -0.25) is 9.69 Å². The van der Waals surface area contributed by atoms with Crippen molar-refractivity contribution in [1.29, 1.82) is 0 Å².